The molecule has 1 amide bonds. The second-order valence-electron chi connectivity index (χ2n) is 5.69. The molecule has 2 aromatic carbocycles. The lowest BCUT2D eigenvalue weighted by Gasteiger charge is -2.11. The van der Waals surface area contributed by atoms with E-state index in [-0.39, 0.29) is 16.5 Å². The van der Waals surface area contributed by atoms with Gasteiger partial charge in [0.1, 0.15) is 5.69 Å². The summed E-state index contributed by atoms with van der Waals surface area (Å²) in [5, 5.41) is 13.1. The Hall–Kier alpha value is -2.79. The van der Waals surface area contributed by atoms with Crippen molar-refractivity contribution in [1.82, 2.24) is 4.57 Å². The summed E-state index contributed by atoms with van der Waals surface area (Å²) in [6.45, 7) is 4.54. The zero-order valence-corrected chi connectivity index (χ0v) is 14.6. The number of aryl methyl sites for hydroxylation is 2. The molecule has 0 saturated heterocycles. The molecule has 2 N–H and O–H groups in total. The number of carbonyl (C=O) groups excluding carboxylic acids is 1. The highest BCUT2D eigenvalue weighted by Gasteiger charge is 2.20. The Kier molecular flexibility index (Phi) is 4.51. The van der Waals surface area contributed by atoms with Crippen molar-refractivity contribution in [2.75, 3.05) is 5.32 Å². The molecule has 1 aromatic heterocycles. The fraction of sp³-hybridized carbons (Fsp3) is 0.158. The van der Waals surface area contributed by atoms with Gasteiger partial charge in [0.15, 0.2) is 0 Å². The van der Waals surface area contributed by atoms with Crippen molar-refractivity contribution in [3.63, 3.8) is 0 Å². The van der Waals surface area contributed by atoms with Crippen molar-refractivity contribution in [2.24, 2.45) is 0 Å². The van der Waals surface area contributed by atoms with Crippen LogP contribution in [0.1, 0.15) is 33.3 Å². The summed E-state index contributed by atoms with van der Waals surface area (Å²) in [4.78, 5) is 24.0. The van der Waals surface area contributed by atoms with E-state index in [0.29, 0.717) is 17.9 Å². The van der Waals surface area contributed by atoms with Crippen molar-refractivity contribution in [3.05, 3.63) is 64.3 Å². The second kappa shape index (κ2) is 6.61. The summed E-state index contributed by atoms with van der Waals surface area (Å²) in [5.74, 6) is -1.42. The summed E-state index contributed by atoms with van der Waals surface area (Å²) in [6.07, 6.45) is 0. The standard InChI is InChI=1S/C19H17ClN2O3/c1-3-22-16-7-5-4-6-13(16)11(2)17(22)18(23)21-12-8-9-15(20)14(10-12)19(24)25/h4-10H,3H2,1-2H3,(H,21,23)(H,24,25). The van der Waals surface area contributed by atoms with Crippen LogP contribution in [0.4, 0.5) is 5.69 Å². The Labute approximate surface area is 149 Å². The summed E-state index contributed by atoms with van der Waals surface area (Å²) in [5.41, 5.74) is 2.79. The van der Waals surface area contributed by atoms with Gasteiger partial charge in [0.05, 0.1) is 10.6 Å². The highest BCUT2D eigenvalue weighted by atomic mass is 35.5. The third-order valence-electron chi connectivity index (χ3n) is 4.21. The van der Waals surface area contributed by atoms with Gasteiger partial charge in [0.25, 0.3) is 5.91 Å². The fourth-order valence-corrected chi connectivity index (χ4v) is 3.25. The summed E-state index contributed by atoms with van der Waals surface area (Å²) >= 11 is 5.87. The van der Waals surface area contributed by atoms with Crippen molar-refractivity contribution in [2.45, 2.75) is 20.4 Å². The van der Waals surface area contributed by atoms with E-state index in [1.807, 2.05) is 42.7 Å². The van der Waals surface area contributed by atoms with E-state index in [2.05, 4.69) is 5.32 Å². The Morgan fingerprint density at radius 2 is 1.92 bits per heavy atom. The number of amides is 1. The highest BCUT2D eigenvalue weighted by molar-refractivity contribution is 6.33. The average molecular weight is 357 g/mol. The quantitative estimate of drug-likeness (QED) is 0.719. The molecule has 0 saturated carbocycles. The predicted octanol–water partition coefficient (Wildman–Crippen LogP) is 4.57. The average Bonchev–Trinajstić information content (AvgIpc) is 2.89. The van der Waals surface area contributed by atoms with Gasteiger partial charge in [-0.25, -0.2) is 4.79 Å². The monoisotopic (exact) mass is 356 g/mol. The number of benzene rings is 2. The first-order valence-corrected chi connectivity index (χ1v) is 8.23. The summed E-state index contributed by atoms with van der Waals surface area (Å²) < 4.78 is 1.95. The molecule has 3 aromatic rings. The van der Waals surface area contributed by atoms with E-state index >= 15 is 0 Å². The largest absolute Gasteiger partial charge is 0.478 e. The maximum Gasteiger partial charge on any atom is 0.337 e. The van der Waals surface area contributed by atoms with Crippen LogP contribution < -0.4 is 5.32 Å². The summed E-state index contributed by atoms with van der Waals surface area (Å²) in [6, 6.07) is 12.2. The number of hydrogen-bond acceptors (Lipinski definition) is 2. The van der Waals surface area contributed by atoms with E-state index in [4.69, 9.17) is 16.7 Å². The lowest BCUT2D eigenvalue weighted by molar-refractivity contribution is 0.0696. The summed E-state index contributed by atoms with van der Waals surface area (Å²) in [7, 11) is 0. The molecule has 0 spiro atoms. The Morgan fingerprint density at radius 1 is 1.20 bits per heavy atom. The lowest BCUT2D eigenvalue weighted by Crippen LogP contribution is -2.18. The molecule has 3 rings (SSSR count). The molecule has 128 valence electrons. The number of nitrogens with one attached hydrogen (secondary N) is 1. The van der Waals surface area contributed by atoms with Crippen LogP contribution >= 0.6 is 11.6 Å². The van der Waals surface area contributed by atoms with E-state index in [1.54, 1.807) is 6.07 Å². The van der Waals surface area contributed by atoms with Gasteiger partial charge in [-0.15, -0.1) is 0 Å². The molecule has 25 heavy (non-hydrogen) atoms. The van der Waals surface area contributed by atoms with Crippen molar-refractivity contribution in [1.29, 1.82) is 0 Å². The third-order valence-corrected chi connectivity index (χ3v) is 4.54. The van der Waals surface area contributed by atoms with E-state index < -0.39 is 5.97 Å². The number of carboxylic acids is 1. The SMILES string of the molecule is CCn1c(C(=O)Nc2ccc(Cl)c(C(=O)O)c2)c(C)c2ccccc21. The number of aromatic nitrogens is 1. The van der Waals surface area contributed by atoms with Crippen LogP contribution in [-0.2, 0) is 6.54 Å². The van der Waals surface area contributed by atoms with Crippen molar-refractivity contribution >= 4 is 40.1 Å². The second-order valence-corrected chi connectivity index (χ2v) is 6.10. The van der Waals surface area contributed by atoms with E-state index in [0.717, 1.165) is 16.5 Å². The molecular formula is C19H17ClN2O3. The first-order valence-electron chi connectivity index (χ1n) is 7.86. The highest BCUT2D eigenvalue weighted by Crippen LogP contribution is 2.27. The van der Waals surface area contributed by atoms with Crippen LogP contribution in [0.5, 0.6) is 0 Å². The fourth-order valence-electron chi connectivity index (χ4n) is 3.06. The van der Waals surface area contributed by atoms with Gasteiger partial charge >= 0.3 is 5.97 Å². The zero-order valence-electron chi connectivity index (χ0n) is 13.8. The zero-order chi connectivity index (χ0) is 18.1. The van der Waals surface area contributed by atoms with Crippen LogP contribution in [0.25, 0.3) is 10.9 Å². The smallest absolute Gasteiger partial charge is 0.337 e. The van der Waals surface area contributed by atoms with E-state index in [1.165, 1.54) is 12.1 Å². The number of rotatable bonds is 4. The third kappa shape index (κ3) is 2.98. The van der Waals surface area contributed by atoms with Crippen molar-refractivity contribution < 1.29 is 14.7 Å². The number of nitrogens with zero attached hydrogens (tertiary/aromatic N) is 1. The minimum Gasteiger partial charge on any atom is -0.478 e. The Morgan fingerprint density at radius 3 is 2.60 bits per heavy atom. The van der Waals surface area contributed by atoms with Gasteiger partial charge in [-0.05, 0) is 43.7 Å². The lowest BCUT2D eigenvalue weighted by atomic mass is 10.1. The molecule has 0 aliphatic heterocycles. The van der Waals surface area contributed by atoms with Crippen LogP contribution in [0.2, 0.25) is 5.02 Å². The number of aromatic carboxylic acids is 1. The maximum atomic E-state index is 12.8. The van der Waals surface area contributed by atoms with Gasteiger partial charge in [-0.1, -0.05) is 29.8 Å². The topological polar surface area (TPSA) is 71.3 Å². The van der Waals surface area contributed by atoms with Crippen LogP contribution in [-0.4, -0.2) is 21.6 Å². The Balaban J connectivity index is 2.02. The van der Waals surface area contributed by atoms with Gasteiger partial charge in [0, 0.05) is 23.1 Å². The molecule has 0 atom stereocenters. The molecule has 0 bridgehead atoms. The number of fused-ring (bicyclic) bond motifs is 1. The molecule has 0 unspecified atom stereocenters. The molecule has 1 heterocycles. The molecule has 6 heteroatoms. The first kappa shape index (κ1) is 17.0. The van der Waals surface area contributed by atoms with Gasteiger partial charge in [0.2, 0.25) is 0 Å². The van der Waals surface area contributed by atoms with Crippen molar-refractivity contribution in [3.8, 4) is 0 Å². The number of anilines is 1. The predicted molar refractivity (Wildman–Crippen MR) is 98.7 cm³/mol. The molecule has 0 aliphatic carbocycles. The molecular weight excluding hydrogens is 340 g/mol. The maximum absolute atomic E-state index is 12.8. The minimum absolute atomic E-state index is 0.0489. The normalized spacial score (nSPS) is 10.8. The van der Waals surface area contributed by atoms with Gasteiger partial charge in [-0.2, -0.15) is 0 Å². The van der Waals surface area contributed by atoms with Crippen LogP contribution in [0, 0.1) is 6.92 Å². The molecule has 0 fully saturated rings. The molecule has 0 aliphatic rings. The molecule has 5 nitrogen and oxygen atoms in total. The van der Waals surface area contributed by atoms with Crippen LogP contribution in [0.15, 0.2) is 42.5 Å². The minimum atomic E-state index is -1.14. The molecule has 0 radical (unpaired) electrons. The first-order chi connectivity index (χ1) is 11.9. The number of carbonyl (C=O) groups is 2. The number of halogens is 1. The number of carboxylic acid groups (broad SMARTS) is 1. The van der Waals surface area contributed by atoms with E-state index in [9.17, 15) is 9.59 Å². The van der Waals surface area contributed by atoms with Gasteiger partial charge in [-0.3, -0.25) is 4.79 Å². The Bertz CT molecular complexity index is 992. The van der Waals surface area contributed by atoms with Gasteiger partial charge < -0.3 is 15.0 Å². The number of para-hydroxylation sites is 1. The number of hydrogen-bond donors (Lipinski definition) is 2. The van der Waals surface area contributed by atoms with Crippen LogP contribution in [0.3, 0.4) is 0 Å².